The van der Waals surface area contributed by atoms with Gasteiger partial charge < -0.3 is 10.2 Å². The predicted molar refractivity (Wildman–Crippen MR) is 88.0 cm³/mol. The van der Waals surface area contributed by atoms with Gasteiger partial charge in [0.15, 0.2) is 5.78 Å². The van der Waals surface area contributed by atoms with Crippen LogP contribution >= 0.6 is 0 Å². The summed E-state index contributed by atoms with van der Waals surface area (Å²) in [6, 6.07) is 5.56. The zero-order chi connectivity index (χ0) is 16.5. The number of hydrogen-bond acceptors (Lipinski definition) is 3. The molecular formula is C19H26O3. The van der Waals surface area contributed by atoms with Crippen LogP contribution in [0.25, 0.3) is 0 Å². The molecule has 3 atom stereocenters. The van der Waals surface area contributed by atoms with Gasteiger partial charge in [-0.3, -0.25) is 4.79 Å². The van der Waals surface area contributed by atoms with Crippen LogP contribution in [0.2, 0.25) is 0 Å². The number of fused-ring (bicyclic) bond motifs is 3. The summed E-state index contributed by atoms with van der Waals surface area (Å²) in [6.07, 6.45) is 3.76. The van der Waals surface area contributed by atoms with Crippen molar-refractivity contribution in [1.82, 2.24) is 0 Å². The Morgan fingerprint density at radius 3 is 2.68 bits per heavy atom. The summed E-state index contributed by atoms with van der Waals surface area (Å²) in [5.74, 6) is 0.596. The molecule has 0 amide bonds. The molecule has 1 saturated carbocycles. The molecule has 2 aliphatic carbocycles. The van der Waals surface area contributed by atoms with Crippen molar-refractivity contribution in [1.29, 1.82) is 0 Å². The Hall–Kier alpha value is -1.61. The molecule has 0 radical (unpaired) electrons. The first kappa shape index (κ1) is 16.8. The highest BCUT2D eigenvalue weighted by Gasteiger charge is 2.53. The molecule has 0 heterocycles. The second kappa shape index (κ2) is 5.88. The summed E-state index contributed by atoms with van der Waals surface area (Å²) < 4.78 is 0. The zero-order valence-corrected chi connectivity index (χ0v) is 13.6. The van der Waals surface area contributed by atoms with Gasteiger partial charge in [0.05, 0.1) is 0 Å². The van der Waals surface area contributed by atoms with E-state index in [0.29, 0.717) is 24.5 Å². The van der Waals surface area contributed by atoms with E-state index >= 15 is 0 Å². The van der Waals surface area contributed by atoms with Crippen LogP contribution in [-0.4, -0.2) is 21.6 Å². The molecular weight excluding hydrogens is 276 g/mol. The molecule has 3 rings (SSSR count). The average molecular weight is 302 g/mol. The Bertz CT molecular complexity index is 576. The number of phenols is 1. The maximum Gasteiger partial charge on any atom is 0.164 e. The molecule has 3 heteroatoms. The number of aromatic hydroxyl groups is 1. The molecule has 3 nitrogen and oxygen atoms in total. The first-order valence-electron chi connectivity index (χ1n) is 7.97. The van der Waals surface area contributed by atoms with Crippen molar-refractivity contribution in [2.75, 3.05) is 0 Å². The van der Waals surface area contributed by atoms with Crippen LogP contribution in [0.15, 0.2) is 31.4 Å². The Balaban J connectivity index is 0.000000847. The van der Waals surface area contributed by atoms with Crippen LogP contribution in [-0.2, 0) is 16.6 Å². The van der Waals surface area contributed by atoms with Crippen LogP contribution in [0.4, 0.5) is 0 Å². The molecule has 120 valence electrons. The van der Waals surface area contributed by atoms with Crippen LogP contribution in [0, 0.1) is 5.92 Å². The highest BCUT2D eigenvalue weighted by molar-refractivity contribution is 5.88. The fourth-order valence-electron chi connectivity index (χ4n) is 4.40. The van der Waals surface area contributed by atoms with E-state index in [1.807, 2.05) is 12.1 Å². The third kappa shape index (κ3) is 2.48. The van der Waals surface area contributed by atoms with Gasteiger partial charge in [-0.1, -0.05) is 13.0 Å². The Morgan fingerprint density at radius 2 is 2.05 bits per heavy atom. The second-order valence-electron chi connectivity index (χ2n) is 6.66. The number of rotatable bonds is 1. The van der Waals surface area contributed by atoms with E-state index < -0.39 is 5.60 Å². The first-order chi connectivity index (χ1) is 10.4. The third-order valence-electron chi connectivity index (χ3n) is 5.49. The lowest BCUT2D eigenvalue weighted by atomic mass is 9.53. The number of Topliss-reactive ketones (excluding diaryl/α,β-unsaturated/α-hetero) is 1. The summed E-state index contributed by atoms with van der Waals surface area (Å²) >= 11 is 0. The number of carbonyl (C=O) groups excluding carboxylic acids is 1. The minimum atomic E-state index is -1.22. The van der Waals surface area contributed by atoms with Gasteiger partial charge in [0.1, 0.15) is 11.4 Å². The third-order valence-corrected chi connectivity index (χ3v) is 5.49. The lowest BCUT2D eigenvalue weighted by molar-refractivity contribution is -0.146. The fourth-order valence-corrected chi connectivity index (χ4v) is 4.40. The number of hydrogen-bond donors (Lipinski definition) is 2. The number of benzene rings is 1. The van der Waals surface area contributed by atoms with E-state index in [2.05, 4.69) is 20.1 Å². The topological polar surface area (TPSA) is 57.5 Å². The first-order valence-corrected chi connectivity index (χ1v) is 7.97. The molecule has 1 fully saturated rings. The Labute approximate surface area is 132 Å². The number of aryl methyl sites for hydroxylation is 1. The predicted octanol–water partition coefficient (Wildman–Crippen LogP) is 3.52. The van der Waals surface area contributed by atoms with E-state index in [9.17, 15) is 15.0 Å². The van der Waals surface area contributed by atoms with E-state index in [1.165, 1.54) is 11.1 Å². The average Bonchev–Trinajstić information content (AvgIpc) is 2.50. The van der Waals surface area contributed by atoms with Crippen molar-refractivity contribution in [3.63, 3.8) is 0 Å². The molecule has 0 spiro atoms. The van der Waals surface area contributed by atoms with Crippen LogP contribution in [0.3, 0.4) is 0 Å². The Kier molecular flexibility index (Phi) is 4.48. The van der Waals surface area contributed by atoms with Crippen molar-refractivity contribution in [2.45, 2.75) is 57.0 Å². The van der Waals surface area contributed by atoms with Crippen molar-refractivity contribution in [3.8, 4) is 5.75 Å². The van der Waals surface area contributed by atoms with E-state index in [1.54, 1.807) is 13.0 Å². The number of phenolic OH excluding ortho intramolecular Hbond substituents is 1. The normalized spacial score (nSPS) is 33.2. The van der Waals surface area contributed by atoms with Crippen molar-refractivity contribution < 1.29 is 15.0 Å². The number of carbonyl (C=O) groups is 1. The van der Waals surface area contributed by atoms with Gasteiger partial charge in [0.25, 0.3) is 0 Å². The molecule has 1 aromatic rings. The summed E-state index contributed by atoms with van der Waals surface area (Å²) in [5, 5.41) is 20.1. The molecule has 0 saturated heterocycles. The standard InChI is InChI=1S/C17H22O3.C2H4/c1-3-17-10-16(2,20)15(19)9-12(17)5-4-11-8-13(18)6-7-14(11)17;1-2/h6-8,12,18,20H,3-5,9-10H2,1-2H3;1-2H2/t12-,16-,17-;/m1./s1. The molecule has 2 aliphatic rings. The Morgan fingerprint density at radius 1 is 1.36 bits per heavy atom. The lowest BCUT2D eigenvalue weighted by Crippen LogP contribution is -2.54. The molecule has 2 N–H and O–H groups in total. The smallest absolute Gasteiger partial charge is 0.164 e. The highest BCUT2D eigenvalue weighted by Crippen LogP contribution is 2.53. The van der Waals surface area contributed by atoms with Crippen molar-refractivity contribution in [2.24, 2.45) is 5.92 Å². The van der Waals surface area contributed by atoms with Gasteiger partial charge in [-0.15, -0.1) is 13.2 Å². The summed E-state index contributed by atoms with van der Waals surface area (Å²) in [5.41, 5.74) is 1.05. The van der Waals surface area contributed by atoms with Gasteiger partial charge in [-0.25, -0.2) is 0 Å². The molecule has 0 aliphatic heterocycles. The highest BCUT2D eigenvalue weighted by atomic mass is 16.3. The van der Waals surface area contributed by atoms with Gasteiger partial charge in [-0.2, -0.15) is 0 Å². The summed E-state index contributed by atoms with van der Waals surface area (Å²) in [7, 11) is 0. The van der Waals surface area contributed by atoms with Crippen LogP contribution in [0.1, 0.15) is 50.7 Å². The molecule has 0 unspecified atom stereocenters. The molecule has 22 heavy (non-hydrogen) atoms. The minimum Gasteiger partial charge on any atom is -0.508 e. The van der Waals surface area contributed by atoms with Crippen molar-refractivity contribution in [3.05, 3.63) is 42.5 Å². The maximum atomic E-state index is 12.1. The minimum absolute atomic E-state index is 0.0196. The monoisotopic (exact) mass is 302 g/mol. The molecule has 0 bridgehead atoms. The van der Waals surface area contributed by atoms with Crippen LogP contribution < -0.4 is 0 Å². The summed E-state index contributed by atoms with van der Waals surface area (Å²) in [6.45, 7) is 9.79. The second-order valence-corrected chi connectivity index (χ2v) is 6.66. The maximum absolute atomic E-state index is 12.1. The van der Waals surface area contributed by atoms with Gasteiger partial charge in [0, 0.05) is 11.8 Å². The SMILES string of the molecule is C=C.CC[C@@]12C[C@@](C)(O)C(=O)C[C@H]1CCc1cc(O)ccc12. The lowest BCUT2D eigenvalue weighted by Gasteiger charge is -2.52. The van der Waals surface area contributed by atoms with E-state index in [0.717, 1.165) is 19.3 Å². The largest absolute Gasteiger partial charge is 0.508 e. The number of aliphatic hydroxyl groups is 1. The van der Waals surface area contributed by atoms with Gasteiger partial charge in [-0.05, 0) is 61.8 Å². The number of ketones is 1. The quantitative estimate of drug-likeness (QED) is 0.780. The summed E-state index contributed by atoms with van der Waals surface area (Å²) in [4.78, 5) is 12.1. The zero-order valence-electron chi connectivity index (χ0n) is 13.6. The van der Waals surface area contributed by atoms with E-state index in [4.69, 9.17) is 0 Å². The van der Waals surface area contributed by atoms with Gasteiger partial charge >= 0.3 is 0 Å². The molecule has 1 aromatic carbocycles. The van der Waals surface area contributed by atoms with Crippen molar-refractivity contribution >= 4 is 5.78 Å². The molecule has 0 aromatic heterocycles. The fraction of sp³-hybridized carbons (Fsp3) is 0.526. The van der Waals surface area contributed by atoms with Crippen LogP contribution in [0.5, 0.6) is 5.75 Å². The van der Waals surface area contributed by atoms with Gasteiger partial charge in [0.2, 0.25) is 0 Å². The van der Waals surface area contributed by atoms with E-state index in [-0.39, 0.29) is 11.2 Å².